The second-order valence-electron chi connectivity index (χ2n) is 7.09. The number of ether oxygens (including phenoxy) is 2. The Labute approximate surface area is 189 Å². The van der Waals surface area contributed by atoms with Gasteiger partial charge in [-0.25, -0.2) is 4.98 Å². The van der Waals surface area contributed by atoms with Gasteiger partial charge in [-0.3, -0.25) is 9.78 Å². The molecular formula is C22H26AmN5O3-. The summed E-state index contributed by atoms with van der Waals surface area (Å²) >= 11 is 0. The molecule has 8 nitrogen and oxygen atoms in total. The number of pyridine rings is 1. The van der Waals surface area contributed by atoms with E-state index in [1.807, 2.05) is 6.07 Å². The molecule has 0 spiro atoms. The quantitative estimate of drug-likeness (QED) is 0.428. The number of morpholine rings is 1. The summed E-state index contributed by atoms with van der Waals surface area (Å²) in [6.07, 6.45) is 5.65. The predicted molar refractivity (Wildman–Crippen MR) is 113 cm³/mol. The van der Waals surface area contributed by atoms with E-state index >= 15 is 0 Å². The van der Waals surface area contributed by atoms with E-state index in [0.29, 0.717) is 31.1 Å². The molecule has 2 saturated heterocycles. The number of carbonyl (C=O) groups excluding carboxylic acids is 1. The first-order chi connectivity index (χ1) is 14.2. The van der Waals surface area contributed by atoms with Gasteiger partial charge in [0.1, 0.15) is 12.4 Å². The molecular weight excluding hydrogens is 625 g/mol. The van der Waals surface area contributed by atoms with Gasteiger partial charge in [0.05, 0.1) is 47.5 Å². The standard InChI is InChI=1S/C16H13N5O2.C5H10O.CH3.Am/c17-6-10-1-2-12-11(5-10)16-13(7-18-12)19-14(20-16)8-21-3-4-23-9-15(21)22;1-2-4-6-5-3-1;;/h1-2,5,7H,3-4,8-9H2,(H,19,20);1-5H2;1H3;/q;;-1;. The van der Waals surface area contributed by atoms with Crippen LogP contribution in [0, 0.1) is 33.0 Å². The van der Waals surface area contributed by atoms with Crippen molar-refractivity contribution in [2.45, 2.75) is 25.8 Å². The summed E-state index contributed by atoms with van der Waals surface area (Å²) in [5.41, 5.74) is 2.92. The zero-order valence-corrected chi connectivity index (χ0v) is 20.7. The molecule has 5 rings (SSSR count). The maximum Gasteiger partial charge on any atom is 0.249 e. The number of nitriles is 1. The summed E-state index contributed by atoms with van der Waals surface area (Å²) in [5, 5.41) is 9.90. The average Bonchev–Trinajstić information content (AvgIpc) is 3.20. The second kappa shape index (κ2) is 11.7. The smallest absolute Gasteiger partial charge is 0.249 e. The fraction of sp³-hybridized carbons (Fsp3) is 0.409. The summed E-state index contributed by atoms with van der Waals surface area (Å²) in [7, 11) is 0. The molecule has 0 unspecified atom stereocenters. The normalized spacial score (nSPS) is 16.0. The van der Waals surface area contributed by atoms with Crippen molar-refractivity contribution in [3.63, 3.8) is 0 Å². The molecule has 0 saturated carbocycles. The van der Waals surface area contributed by atoms with Crippen LogP contribution in [0.5, 0.6) is 0 Å². The molecule has 0 aliphatic carbocycles. The number of nitrogens with one attached hydrogen (secondary N) is 1. The van der Waals surface area contributed by atoms with Gasteiger partial charge in [-0.2, -0.15) is 5.26 Å². The first-order valence-corrected chi connectivity index (χ1v) is 9.85. The number of benzene rings is 1. The van der Waals surface area contributed by atoms with Gasteiger partial charge in [-0.1, -0.05) is 0 Å². The van der Waals surface area contributed by atoms with Crippen LogP contribution < -0.4 is 0 Å². The third-order valence-corrected chi connectivity index (χ3v) is 5.00. The maximum atomic E-state index is 11.8. The van der Waals surface area contributed by atoms with Crippen molar-refractivity contribution in [1.82, 2.24) is 19.9 Å². The Morgan fingerprint density at radius 2 is 1.97 bits per heavy atom. The van der Waals surface area contributed by atoms with E-state index in [-0.39, 0.29) is 34.2 Å². The molecule has 1 amide bonds. The van der Waals surface area contributed by atoms with Gasteiger partial charge in [-0.05, 0) is 37.5 Å². The van der Waals surface area contributed by atoms with E-state index in [4.69, 9.17) is 14.7 Å². The monoisotopic (exact) mass is 649 g/mol. The summed E-state index contributed by atoms with van der Waals surface area (Å²) in [6, 6.07) is 7.47. The number of hydrogen-bond acceptors (Lipinski definition) is 6. The number of nitrogens with zero attached hydrogens (tertiary/aromatic N) is 4. The van der Waals surface area contributed by atoms with Gasteiger partial charge in [0.15, 0.2) is 0 Å². The number of H-pyrrole nitrogens is 1. The Balaban J connectivity index is 0.000000372. The van der Waals surface area contributed by atoms with Crippen LogP contribution >= 0.6 is 0 Å². The van der Waals surface area contributed by atoms with Crippen LogP contribution in [-0.4, -0.2) is 58.7 Å². The Morgan fingerprint density at radius 1 is 1.16 bits per heavy atom. The van der Waals surface area contributed by atoms with Gasteiger partial charge in [0.2, 0.25) is 5.91 Å². The molecule has 0 bridgehead atoms. The number of aromatic nitrogens is 3. The largest absolute Gasteiger partial charge is 0.381 e. The third-order valence-electron chi connectivity index (χ3n) is 5.00. The maximum absolute atomic E-state index is 11.8. The third kappa shape index (κ3) is 5.96. The van der Waals surface area contributed by atoms with Crippen LogP contribution in [0.25, 0.3) is 21.9 Å². The summed E-state index contributed by atoms with van der Waals surface area (Å²) in [6.45, 7) is 3.64. The molecule has 2 fully saturated rings. The first kappa shape index (κ1) is 24.6. The molecule has 4 heterocycles. The number of imidazole rings is 1. The number of rotatable bonds is 2. The summed E-state index contributed by atoms with van der Waals surface area (Å²) in [4.78, 5) is 25.7. The van der Waals surface area contributed by atoms with E-state index in [1.54, 1.807) is 23.2 Å². The van der Waals surface area contributed by atoms with Crippen LogP contribution in [0.15, 0.2) is 24.4 Å². The molecule has 31 heavy (non-hydrogen) atoms. The Hall–Kier alpha value is -2.63. The number of amides is 1. The molecule has 2 aliphatic heterocycles. The Morgan fingerprint density at radius 3 is 2.61 bits per heavy atom. The molecule has 2 aromatic heterocycles. The molecule has 1 N–H and O–H groups in total. The molecule has 165 valence electrons. The van der Waals surface area contributed by atoms with Crippen molar-refractivity contribution in [2.24, 2.45) is 0 Å². The van der Waals surface area contributed by atoms with E-state index in [1.165, 1.54) is 19.3 Å². The number of aromatic amines is 1. The van der Waals surface area contributed by atoms with Crippen LogP contribution in [0.3, 0.4) is 0 Å². The SMILES string of the molecule is C1CCOCC1.N#Cc1ccc2ncc3[nH]c(CN4CCOCC4=O)nc3c2c1.[Am].[CH3-]. The van der Waals surface area contributed by atoms with Gasteiger partial charge in [0.25, 0.3) is 0 Å². The zero-order chi connectivity index (χ0) is 20.1. The fourth-order valence-corrected chi connectivity index (χ4v) is 3.44. The average molecular weight is 651 g/mol. The van der Waals surface area contributed by atoms with Crippen molar-refractivity contribution in [3.8, 4) is 6.07 Å². The summed E-state index contributed by atoms with van der Waals surface area (Å²) in [5.74, 6) is 0.665. The van der Waals surface area contributed by atoms with Crippen molar-refractivity contribution < 1.29 is 28.6 Å². The molecule has 3 aromatic rings. The van der Waals surface area contributed by atoms with Gasteiger partial charge in [-0.15, -0.1) is 0 Å². The molecule has 0 atom stereocenters. The van der Waals surface area contributed by atoms with Crippen molar-refractivity contribution in [2.75, 3.05) is 33.0 Å². The number of fused-ring (bicyclic) bond motifs is 3. The number of hydrogen-bond donors (Lipinski definition) is 1. The molecule has 1 radical (unpaired) electrons. The van der Waals surface area contributed by atoms with E-state index in [0.717, 1.165) is 35.2 Å². The minimum Gasteiger partial charge on any atom is -0.381 e. The minimum atomic E-state index is -0.0357. The molecule has 2 aliphatic rings. The van der Waals surface area contributed by atoms with E-state index < -0.39 is 0 Å². The van der Waals surface area contributed by atoms with Crippen LogP contribution in [0.1, 0.15) is 30.7 Å². The van der Waals surface area contributed by atoms with Crippen molar-refractivity contribution >= 4 is 27.8 Å². The van der Waals surface area contributed by atoms with Crippen LogP contribution in [-0.2, 0) is 20.8 Å². The van der Waals surface area contributed by atoms with Gasteiger partial charge < -0.3 is 26.8 Å². The zero-order valence-electron chi connectivity index (χ0n) is 17.6. The van der Waals surface area contributed by atoms with Crippen molar-refractivity contribution in [3.05, 3.63) is 43.2 Å². The topological polar surface area (TPSA) is 104 Å². The molecule has 1 aromatic carbocycles. The van der Waals surface area contributed by atoms with E-state index in [9.17, 15) is 4.79 Å². The van der Waals surface area contributed by atoms with E-state index in [2.05, 4.69) is 21.0 Å². The minimum absolute atomic E-state index is 0. The van der Waals surface area contributed by atoms with Crippen LogP contribution in [0.2, 0.25) is 0 Å². The second-order valence-corrected chi connectivity index (χ2v) is 7.09. The van der Waals surface area contributed by atoms with Gasteiger partial charge in [0, 0.05) is 39.4 Å². The summed E-state index contributed by atoms with van der Waals surface area (Å²) < 4.78 is 10.2. The molecule has 9 heteroatoms. The Kier molecular flexibility index (Phi) is 9.28. The fourth-order valence-electron chi connectivity index (χ4n) is 3.44. The predicted octanol–water partition coefficient (Wildman–Crippen LogP) is 2.98. The Bertz CT molecular complexity index is 1050. The van der Waals surface area contributed by atoms with Crippen LogP contribution in [0.4, 0.5) is 0 Å². The first-order valence-electron chi connectivity index (χ1n) is 9.85. The number of carbonyl (C=O) groups is 1. The van der Waals surface area contributed by atoms with Gasteiger partial charge >= 0.3 is 0 Å². The van der Waals surface area contributed by atoms with Crippen molar-refractivity contribution in [1.29, 1.82) is 5.26 Å².